The Bertz CT molecular complexity index is 1220. The van der Waals surface area contributed by atoms with Gasteiger partial charge in [-0.05, 0) is 49.7 Å². The first-order valence-electron chi connectivity index (χ1n) is 9.68. The SMILES string of the molecule is Cc1ccnc(Cl)c1NC(=O)c1cc(F)c(-c2ccc(Cl)c(CO)n2)cc1OC(C)C(F)(F)F. The number of alkyl halides is 3. The number of benzene rings is 1. The molecule has 0 fully saturated rings. The van der Waals surface area contributed by atoms with Gasteiger partial charge in [0.25, 0.3) is 5.91 Å². The third-order valence-corrected chi connectivity index (χ3v) is 5.41. The Morgan fingerprint density at radius 2 is 1.94 bits per heavy atom. The molecule has 0 aliphatic carbocycles. The van der Waals surface area contributed by atoms with Crippen LogP contribution < -0.4 is 10.1 Å². The summed E-state index contributed by atoms with van der Waals surface area (Å²) in [5.74, 6) is -2.48. The molecule has 0 radical (unpaired) electrons. The fourth-order valence-corrected chi connectivity index (χ4v) is 3.30. The standard InChI is InChI=1S/C22H17Cl2F4N3O3/c1-10-5-6-29-20(24)19(10)31-21(33)13-7-15(25)12(8-18(13)34-11(2)22(26,27)28)16-4-3-14(23)17(9-32)30-16/h3-8,11,32H,9H2,1-2H3,(H,31,33). The molecule has 6 nitrogen and oxygen atoms in total. The van der Waals surface area contributed by atoms with Gasteiger partial charge in [-0.3, -0.25) is 4.79 Å². The van der Waals surface area contributed by atoms with Crippen molar-refractivity contribution in [2.45, 2.75) is 32.7 Å². The number of hydrogen-bond donors (Lipinski definition) is 2. The Morgan fingerprint density at radius 1 is 1.24 bits per heavy atom. The third kappa shape index (κ3) is 5.57. The zero-order chi connectivity index (χ0) is 25.2. The van der Waals surface area contributed by atoms with Crippen LogP contribution in [0.5, 0.6) is 5.75 Å². The summed E-state index contributed by atoms with van der Waals surface area (Å²) in [7, 11) is 0. The topological polar surface area (TPSA) is 84.3 Å². The highest BCUT2D eigenvalue weighted by molar-refractivity contribution is 6.33. The molecule has 2 N–H and O–H groups in total. The summed E-state index contributed by atoms with van der Waals surface area (Å²) in [4.78, 5) is 20.8. The van der Waals surface area contributed by atoms with Crippen LogP contribution in [-0.2, 0) is 6.61 Å². The third-order valence-electron chi connectivity index (χ3n) is 4.77. The van der Waals surface area contributed by atoms with Crippen LogP contribution in [0.3, 0.4) is 0 Å². The molecular formula is C22H17Cl2F4N3O3. The first-order valence-corrected chi connectivity index (χ1v) is 10.4. The number of amides is 1. The van der Waals surface area contributed by atoms with Gasteiger partial charge in [0, 0.05) is 11.8 Å². The number of nitrogens with zero attached hydrogens (tertiary/aromatic N) is 2. The number of aliphatic hydroxyl groups is 1. The van der Waals surface area contributed by atoms with Crippen molar-refractivity contribution in [1.82, 2.24) is 9.97 Å². The summed E-state index contributed by atoms with van der Waals surface area (Å²) in [5.41, 5.74) is -0.128. The molecular weight excluding hydrogens is 501 g/mol. The second-order valence-electron chi connectivity index (χ2n) is 7.16. The zero-order valence-electron chi connectivity index (χ0n) is 17.7. The lowest BCUT2D eigenvalue weighted by molar-refractivity contribution is -0.189. The summed E-state index contributed by atoms with van der Waals surface area (Å²) in [6.07, 6.45) is -5.66. The fraction of sp³-hybridized carbons (Fsp3) is 0.227. The molecule has 0 bridgehead atoms. The summed E-state index contributed by atoms with van der Waals surface area (Å²) >= 11 is 11.9. The van der Waals surface area contributed by atoms with Crippen LogP contribution in [-0.4, -0.2) is 33.3 Å². The number of aliphatic hydroxyl groups excluding tert-OH is 1. The molecule has 3 aromatic rings. The Labute approximate surface area is 201 Å². The molecule has 180 valence electrons. The quantitative estimate of drug-likeness (QED) is 0.310. The van der Waals surface area contributed by atoms with Crippen molar-refractivity contribution >= 4 is 34.8 Å². The van der Waals surface area contributed by atoms with E-state index in [1.807, 2.05) is 0 Å². The summed E-state index contributed by atoms with van der Waals surface area (Å²) in [6.45, 7) is 1.83. The Morgan fingerprint density at radius 3 is 2.56 bits per heavy atom. The smallest absolute Gasteiger partial charge is 0.425 e. The first kappa shape index (κ1) is 25.7. The number of aromatic nitrogens is 2. The first-order chi connectivity index (χ1) is 15.9. The predicted molar refractivity (Wildman–Crippen MR) is 119 cm³/mol. The number of nitrogens with one attached hydrogen (secondary N) is 1. The van der Waals surface area contributed by atoms with E-state index < -0.39 is 41.9 Å². The summed E-state index contributed by atoms with van der Waals surface area (Å²) < 4.78 is 59.6. The van der Waals surface area contributed by atoms with Gasteiger partial charge in [-0.25, -0.2) is 14.4 Å². The van der Waals surface area contributed by atoms with Crippen molar-refractivity contribution in [3.05, 3.63) is 69.3 Å². The molecule has 0 saturated carbocycles. The van der Waals surface area contributed by atoms with Crippen molar-refractivity contribution in [1.29, 1.82) is 0 Å². The highest BCUT2D eigenvalue weighted by atomic mass is 35.5. The van der Waals surface area contributed by atoms with Crippen LogP contribution in [0.25, 0.3) is 11.3 Å². The molecule has 1 amide bonds. The maximum atomic E-state index is 15.0. The van der Waals surface area contributed by atoms with Crippen molar-refractivity contribution in [3.8, 4) is 17.0 Å². The van der Waals surface area contributed by atoms with Gasteiger partial charge < -0.3 is 15.2 Å². The van der Waals surface area contributed by atoms with Crippen molar-refractivity contribution < 1.29 is 32.2 Å². The van der Waals surface area contributed by atoms with E-state index in [-0.39, 0.29) is 32.8 Å². The maximum Gasteiger partial charge on any atom is 0.425 e. The van der Waals surface area contributed by atoms with Crippen molar-refractivity contribution in [3.63, 3.8) is 0 Å². The van der Waals surface area contributed by atoms with Gasteiger partial charge in [-0.15, -0.1) is 0 Å². The van der Waals surface area contributed by atoms with E-state index in [1.165, 1.54) is 18.3 Å². The maximum absolute atomic E-state index is 15.0. The number of halogens is 6. The molecule has 0 spiro atoms. The monoisotopic (exact) mass is 517 g/mol. The fourth-order valence-electron chi connectivity index (χ4n) is 2.88. The molecule has 3 rings (SSSR count). The molecule has 1 unspecified atom stereocenters. The largest absolute Gasteiger partial charge is 0.480 e. The van der Waals surface area contributed by atoms with E-state index in [9.17, 15) is 23.1 Å². The number of ether oxygens (including phenoxy) is 1. The molecule has 2 aromatic heterocycles. The molecule has 0 aliphatic heterocycles. The number of pyridine rings is 2. The minimum absolute atomic E-state index is 0.0337. The highest BCUT2D eigenvalue weighted by Gasteiger charge is 2.39. The number of hydrogen-bond acceptors (Lipinski definition) is 5. The number of rotatable bonds is 6. The average molecular weight is 518 g/mol. The number of carbonyl (C=O) groups excluding carboxylic acids is 1. The molecule has 1 atom stereocenters. The lowest BCUT2D eigenvalue weighted by Gasteiger charge is -2.21. The summed E-state index contributed by atoms with van der Waals surface area (Å²) in [5, 5.41) is 11.9. The predicted octanol–water partition coefficient (Wildman–Crippen LogP) is 5.97. The van der Waals surface area contributed by atoms with E-state index in [2.05, 4.69) is 15.3 Å². The molecule has 0 saturated heterocycles. The van der Waals surface area contributed by atoms with Crippen LogP contribution in [0.2, 0.25) is 10.2 Å². The molecule has 1 aromatic carbocycles. The van der Waals surface area contributed by atoms with Crippen LogP contribution in [0.1, 0.15) is 28.5 Å². The van der Waals surface area contributed by atoms with Crippen LogP contribution in [0.15, 0.2) is 36.5 Å². The van der Waals surface area contributed by atoms with Gasteiger partial charge in [-0.1, -0.05) is 23.2 Å². The van der Waals surface area contributed by atoms with E-state index >= 15 is 4.39 Å². The van der Waals surface area contributed by atoms with Gasteiger partial charge >= 0.3 is 6.18 Å². The van der Waals surface area contributed by atoms with E-state index in [0.29, 0.717) is 5.56 Å². The van der Waals surface area contributed by atoms with Crippen LogP contribution in [0.4, 0.5) is 23.2 Å². The van der Waals surface area contributed by atoms with Crippen molar-refractivity contribution in [2.24, 2.45) is 0 Å². The van der Waals surface area contributed by atoms with Gasteiger partial charge in [0.1, 0.15) is 11.6 Å². The number of aryl methyl sites for hydroxylation is 1. The second kappa shape index (κ2) is 10.1. The number of carbonyl (C=O) groups is 1. The van der Waals surface area contributed by atoms with E-state index in [0.717, 1.165) is 19.1 Å². The van der Waals surface area contributed by atoms with E-state index in [4.69, 9.17) is 27.9 Å². The van der Waals surface area contributed by atoms with Crippen LogP contribution >= 0.6 is 23.2 Å². The zero-order valence-corrected chi connectivity index (χ0v) is 19.2. The molecule has 0 aliphatic rings. The molecule has 2 heterocycles. The lowest BCUT2D eigenvalue weighted by Crippen LogP contribution is -2.32. The minimum Gasteiger partial charge on any atom is -0.480 e. The van der Waals surface area contributed by atoms with Gasteiger partial charge in [0.05, 0.1) is 34.3 Å². The van der Waals surface area contributed by atoms with Gasteiger partial charge in [0.15, 0.2) is 11.3 Å². The Balaban J connectivity index is 2.11. The van der Waals surface area contributed by atoms with Gasteiger partial charge in [-0.2, -0.15) is 13.2 Å². The lowest BCUT2D eigenvalue weighted by atomic mass is 10.0. The summed E-state index contributed by atoms with van der Waals surface area (Å²) in [6, 6.07) is 5.88. The normalized spacial score (nSPS) is 12.4. The van der Waals surface area contributed by atoms with Crippen LogP contribution in [0, 0.1) is 12.7 Å². The number of anilines is 1. The van der Waals surface area contributed by atoms with E-state index in [1.54, 1.807) is 13.0 Å². The Hall–Kier alpha value is -2.95. The highest BCUT2D eigenvalue weighted by Crippen LogP contribution is 2.34. The average Bonchev–Trinajstić information content (AvgIpc) is 2.77. The molecule has 34 heavy (non-hydrogen) atoms. The molecule has 12 heteroatoms. The van der Waals surface area contributed by atoms with Crippen molar-refractivity contribution in [2.75, 3.05) is 5.32 Å². The van der Waals surface area contributed by atoms with Gasteiger partial charge in [0.2, 0.25) is 0 Å². The second-order valence-corrected chi connectivity index (χ2v) is 7.93. The Kier molecular flexibility index (Phi) is 7.64. The minimum atomic E-state index is -4.76.